The zero-order valence-corrected chi connectivity index (χ0v) is 19.6. The molecule has 0 saturated carbocycles. The molecule has 2 heterocycles. The number of aryl methyl sites for hydroxylation is 1. The number of aliphatic hydroxyl groups is 1. The molecule has 2 atom stereocenters. The maximum atomic E-state index is 13.4. The van der Waals surface area contributed by atoms with Gasteiger partial charge in [-0.2, -0.15) is 0 Å². The van der Waals surface area contributed by atoms with Crippen LogP contribution in [0.25, 0.3) is 0 Å². The summed E-state index contributed by atoms with van der Waals surface area (Å²) in [5, 5.41) is 12.2. The third-order valence-corrected chi connectivity index (χ3v) is 6.72. The van der Waals surface area contributed by atoms with E-state index in [1.54, 1.807) is 18.4 Å². The second kappa shape index (κ2) is 11.6. The maximum absolute atomic E-state index is 13.4. The zero-order valence-electron chi connectivity index (χ0n) is 18.8. The molecule has 170 valence electrons. The summed E-state index contributed by atoms with van der Waals surface area (Å²) in [6.45, 7) is 6.97. The Morgan fingerprint density at radius 1 is 1.39 bits per heavy atom. The lowest BCUT2D eigenvalue weighted by Gasteiger charge is -2.37. The smallest absolute Gasteiger partial charge is 0.237 e. The largest absolute Gasteiger partial charge is 0.491 e. The van der Waals surface area contributed by atoms with Gasteiger partial charge in [0, 0.05) is 31.6 Å². The highest BCUT2D eigenvalue weighted by Gasteiger charge is 2.33. The van der Waals surface area contributed by atoms with Crippen LogP contribution in [0.4, 0.5) is 0 Å². The van der Waals surface area contributed by atoms with Crippen LogP contribution in [-0.4, -0.2) is 73.4 Å². The molecule has 1 aromatic carbocycles. The fraction of sp³-hybridized carbons (Fsp3) is 0.542. The monoisotopic (exact) mass is 446 g/mol. The van der Waals surface area contributed by atoms with E-state index in [-0.39, 0.29) is 18.5 Å². The first-order valence-electron chi connectivity index (χ1n) is 11.0. The molecule has 1 aliphatic heterocycles. The van der Waals surface area contributed by atoms with Crippen LogP contribution in [0.5, 0.6) is 5.75 Å². The van der Waals surface area contributed by atoms with Crippen molar-refractivity contribution in [1.29, 1.82) is 0 Å². The van der Waals surface area contributed by atoms with Gasteiger partial charge in [0.1, 0.15) is 12.4 Å². The van der Waals surface area contributed by atoms with Gasteiger partial charge in [-0.15, -0.1) is 11.3 Å². The van der Waals surface area contributed by atoms with Crippen molar-refractivity contribution in [2.75, 3.05) is 46.5 Å². The SMILES string of the molecule is CC[C@H](O)CN(CCOC)CC(=O)N1CCc2sccc2[C@H]1COc1cccc(C)c1. The van der Waals surface area contributed by atoms with E-state index < -0.39 is 6.10 Å². The summed E-state index contributed by atoms with van der Waals surface area (Å²) < 4.78 is 11.3. The van der Waals surface area contributed by atoms with Crippen LogP contribution in [0.3, 0.4) is 0 Å². The Morgan fingerprint density at radius 3 is 2.97 bits per heavy atom. The molecular formula is C24H34N2O4S. The number of ether oxygens (including phenoxy) is 2. The topological polar surface area (TPSA) is 62.2 Å². The molecule has 0 bridgehead atoms. The van der Waals surface area contributed by atoms with Crippen molar-refractivity contribution in [3.63, 3.8) is 0 Å². The van der Waals surface area contributed by atoms with Crippen LogP contribution in [-0.2, 0) is 16.0 Å². The second-order valence-electron chi connectivity index (χ2n) is 8.07. The molecule has 0 fully saturated rings. The van der Waals surface area contributed by atoms with Crippen molar-refractivity contribution >= 4 is 17.2 Å². The molecule has 3 rings (SSSR count). The van der Waals surface area contributed by atoms with Gasteiger partial charge in [-0.05, 0) is 54.5 Å². The summed E-state index contributed by atoms with van der Waals surface area (Å²) in [6, 6.07) is 10.0. The minimum atomic E-state index is -0.449. The number of nitrogens with zero attached hydrogens (tertiary/aromatic N) is 2. The maximum Gasteiger partial charge on any atom is 0.237 e. The van der Waals surface area contributed by atoms with E-state index in [0.29, 0.717) is 39.3 Å². The zero-order chi connectivity index (χ0) is 22.2. The molecule has 0 radical (unpaired) electrons. The average Bonchev–Trinajstić information content (AvgIpc) is 3.24. The molecule has 6 nitrogen and oxygen atoms in total. The van der Waals surface area contributed by atoms with Gasteiger partial charge >= 0.3 is 0 Å². The van der Waals surface area contributed by atoms with Crippen LogP contribution >= 0.6 is 11.3 Å². The number of thiophene rings is 1. The van der Waals surface area contributed by atoms with E-state index in [4.69, 9.17) is 9.47 Å². The number of hydrogen-bond donors (Lipinski definition) is 1. The first-order chi connectivity index (χ1) is 15.0. The number of hydrogen-bond acceptors (Lipinski definition) is 6. The Hall–Kier alpha value is -1.93. The first kappa shape index (κ1) is 23.7. The minimum Gasteiger partial charge on any atom is -0.491 e. The van der Waals surface area contributed by atoms with Gasteiger partial charge < -0.3 is 19.5 Å². The molecule has 0 saturated heterocycles. The van der Waals surface area contributed by atoms with Crippen molar-refractivity contribution in [3.8, 4) is 5.75 Å². The standard InChI is InChI=1S/C24H34N2O4S/c1-4-19(27)15-25(11-12-29-3)16-24(28)26-10-8-23-21(9-13-31-23)22(26)17-30-20-7-5-6-18(2)14-20/h5-7,9,13-14,19,22,27H,4,8,10-12,15-17H2,1-3H3/t19-,22+/m0/s1. The van der Waals surface area contributed by atoms with E-state index >= 15 is 0 Å². The van der Waals surface area contributed by atoms with Crippen LogP contribution in [0, 0.1) is 6.92 Å². The molecule has 31 heavy (non-hydrogen) atoms. The lowest BCUT2D eigenvalue weighted by Crippen LogP contribution is -2.48. The Labute approximate surface area is 189 Å². The lowest BCUT2D eigenvalue weighted by molar-refractivity contribution is -0.136. The molecule has 1 amide bonds. The van der Waals surface area contributed by atoms with Crippen molar-refractivity contribution < 1.29 is 19.4 Å². The van der Waals surface area contributed by atoms with E-state index in [9.17, 15) is 9.90 Å². The van der Waals surface area contributed by atoms with Crippen LogP contribution < -0.4 is 4.74 Å². The molecule has 2 aromatic rings. The summed E-state index contributed by atoms with van der Waals surface area (Å²) in [6.07, 6.45) is 1.08. The molecule has 1 N–H and O–H groups in total. The number of aliphatic hydroxyl groups excluding tert-OH is 1. The van der Waals surface area contributed by atoms with Crippen LogP contribution in [0.2, 0.25) is 0 Å². The highest BCUT2D eigenvalue weighted by Crippen LogP contribution is 2.34. The van der Waals surface area contributed by atoms with E-state index in [2.05, 4.69) is 11.4 Å². The Balaban J connectivity index is 1.72. The Kier molecular flexibility index (Phi) is 8.90. The van der Waals surface area contributed by atoms with Gasteiger partial charge in [-0.25, -0.2) is 0 Å². The number of methoxy groups -OCH3 is 1. The first-order valence-corrected chi connectivity index (χ1v) is 11.8. The van der Waals surface area contributed by atoms with Gasteiger partial charge in [-0.3, -0.25) is 9.69 Å². The summed E-state index contributed by atoms with van der Waals surface area (Å²) >= 11 is 1.75. The van der Waals surface area contributed by atoms with Crippen molar-refractivity contribution in [2.24, 2.45) is 0 Å². The van der Waals surface area contributed by atoms with Crippen molar-refractivity contribution in [2.45, 2.75) is 38.8 Å². The van der Waals surface area contributed by atoms with Gasteiger partial charge in [0.2, 0.25) is 5.91 Å². The lowest BCUT2D eigenvalue weighted by atomic mass is 10.0. The highest BCUT2D eigenvalue weighted by molar-refractivity contribution is 7.10. The quantitative estimate of drug-likeness (QED) is 0.574. The number of carbonyl (C=O) groups is 1. The van der Waals surface area contributed by atoms with Gasteiger partial charge in [-0.1, -0.05) is 19.1 Å². The van der Waals surface area contributed by atoms with Crippen LogP contribution in [0.15, 0.2) is 35.7 Å². The van der Waals surface area contributed by atoms with E-state index in [1.807, 2.05) is 47.9 Å². The van der Waals surface area contributed by atoms with Crippen molar-refractivity contribution in [3.05, 3.63) is 51.7 Å². The Bertz CT molecular complexity index is 840. The fourth-order valence-corrected chi connectivity index (χ4v) is 4.85. The minimum absolute atomic E-state index is 0.0640. The molecule has 7 heteroatoms. The summed E-state index contributed by atoms with van der Waals surface area (Å²) in [5.41, 5.74) is 2.34. The molecule has 0 unspecified atom stereocenters. The normalized spacial score (nSPS) is 16.9. The Morgan fingerprint density at radius 2 is 2.23 bits per heavy atom. The predicted molar refractivity (Wildman–Crippen MR) is 124 cm³/mol. The summed E-state index contributed by atoms with van der Waals surface area (Å²) in [5.74, 6) is 0.886. The average molecular weight is 447 g/mol. The molecular weight excluding hydrogens is 412 g/mol. The molecule has 0 aliphatic carbocycles. The van der Waals surface area contributed by atoms with E-state index in [0.717, 1.165) is 17.7 Å². The fourth-order valence-electron chi connectivity index (χ4n) is 3.92. The van der Waals surface area contributed by atoms with Gasteiger partial charge in [0.25, 0.3) is 0 Å². The molecule has 1 aliphatic rings. The predicted octanol–water partition coefficient (Wildman–Crippen LogP) is 3.28. The summed E-state index contributed by atoms with van der Waals surface area (Å²) in [7, 11) is 1.65. The van der Waals surface area contributed by atoms with E-state index in [1.165, 1.54) is 10.4 Å². The van der Waals surface area contributed by atoms with Gasteiger partial charge in [0.15, 0.2) is 0 Å². The third kappa shape index (κ3) is 6.53. The number of carbonyl (C=O) groups excluding carboxylic acids is 1. The van der Waals surface area contributed by atoms with Crippen LogP contribution in [0.1, 0.15) is 35.4 Å². The number of amides is 1. The van der Waals surface area contributed by atoms with Crippen molar-refractivity contribution in [1.82, 2.24) is 9.80 Å². The number of fused-ring (bicyclic) bond motifs is 1. The number of benzene rings is 1. The molecule has 1 aromatic heterocycles. The second-order valence-corrected chi connectivity index (χ2v) is 9.07. The third-order valence-electron chi connectivity index (χ3n) is 5.72. The summed E-state index contributed by atoms with van der Waals surface area (Å²) in [4.78, 5) is 18.6. The molecule has 0 spiro atoms. The number of rotatable bonds is 11. The van der Waals surface area contributed by atoms with Gasteiger partial charge in [0.05, 0.1) is 25.3 Å². The highest BCUT2D eigenvalue weighted by atomic mass is 32.1.